The summed E-state index contributed by atoms with van der Waals surface area (Å²) in [6, 6.07) is 3.44. The van der Waals surface area contributed by atoms with Gasteiger partial charge in [0.05, 0.1) is 5.30 Å². The van der Waals surface area contributed by atoms with E-state index >= 15 is 0 Å². The normalized spacial score (nSPS) is 10.7. The summed E-state index contributed by atoms with van der Waals surface area (Å²) in [6.07, 6.45) is 0. The van der Waals surface area contributed by atoms with Crippen molar-refractivity contribution >= 4 is 21.8 Å². The molecule has 0 aliphatic heterocycles. The van der Waals surface area contributed by atoms with Crippen molar-refractivity contribution in [3.63, 3.8) is 0 Å². The Balaban J connectivity index is 0.000000292. The lowest BCUT2D eigenvalue weighted by Gasteiger charge is -1.94. The molecule has 14 heavy (non-hydrogen) atoms. The molecule has 1 atom stereocenters. The van der Waals surface area contributed by atoms with E-state index in [4.69, 9.17) is 0 Å². The average Bonchev–Trinajstić information content (AvgIpc) is 1.77. The summed E-state index contributed by atoms with van der Waals surface area (Å²) in [4.78, 5) is 0. The van der Waals surface area contributed by atoms with Crippen molar-refractivity contribution in [3.05, 3.63) is 29.8 Å². The highest BCUT2D eigenvalue weighted by Crippen LogP contribution is 2.06. The lowest BCUT2D eigenvalue weighted by atomic mass is 10.3. The quantitative estimate of drug-likeness (QED) is 0.367. The molecule has 0 aliphatic rings. The second-order valence-electron chi connectivity index (χ2n) is 2.27. The molecule has 0 aliphatic carbocycles. The zero-order chi connectivity index (χ0) is 11.4. The smallest absolute Gasteiger partial charge is 0.418 e. The van der Waals surface area contributed by atoms with Crippen LogP contribution in [0.25, 0.3) is 0 Å². The van der Waals surface area contributed by atoms with Crippen LogP contribution in [-0.2, 0) is 0 Å². The molecule has 8 heteroatoms. The minimum absolute atomic E-state index is 0.514. The van der Waals surface area contributed by atoms with E-state index in [-0.39, 0.29) is 0 Å². The number of halogens is 6. The van der Waals surface area contributed by atoms with Gasteiger partial charge in [-0.25, -0.2) is 8.78 Å². The van der Waals surface area contributed by atoms with E-state index in [1.54, 1.807) is 0 Å². The number of hydrogen-bond donors (Lipinski definition) is 0. The molecule has 1 rings (SSSR count). The van der Waals surface area contributed by atoms with Gasteiger partial charge >= 0.3 is 7.25 Å². The maximum absolute atomic E-state index is 12.2. The van der Waals surface area contributed by atoms with Gasteiger partial charge in [0.25, 0.3) is 0 Å². The Hall–Kier alpha value is -0.705. The van der Waals surface area contributed by atoms with E-state index in [0.717, 1.165) is 6.07 Å². The van der Waals surface area contributed by atoms with Gasteiger partial charge in [-0.15, -0.1) is 0 Å². The van der Waals surface area contributed by atoms with E-state index < -0.39 is 18.9 Å². The Bertz CT molecular complexity index is 242. The molecule has 0 saturated heterocycles. The van der Waals surface area contributed by atoms with Crippen molar-refractivity contribution < 1.29 is 26.0 Å². The van der Waals surface area contributed by atoms with E-state index in [2.05, 4.69) is 0 Å². The Labute approximate surface area is 78.6 Å². The molecule has 1 aromatic carbocycles. The summed E-state index contributed by atoms with van der Waals surface area (Å²) in [5.74, 6) is -1.03. The number of rotatable bonds is 0. The van der Waals surface area contributed by atoms with Gasteiger partial charge in [0.1, 0.15) is 11.6 Å². The first kappa shape index (κ1) is 13.3. The summed E-state index contributed by atoms with van der Waals surface area (Å²) < 4.78 is 63.4. The van der Waals surface area contributed by atoms with Crippen LogP contribution in [-0.4, -0.2) is 7.25 Å². The summed E-state index contributed by atoms with van der Waals surface area (Å²) in [6.45, 7) is 0. The third-order valence-corrected chi connectivity index (χ3v) is 1.33. The average molecular weight is 234 g/mol. The third kappa shape index (κ3) is 9.38. The first-order chi connectivity index (χ1) is 6.18. The van der Waals surface area contributed by atoms with Gasteiger partial charge in [-0.05, 0) is 0 Å². The molecule has 1 unspecified atom stereocenters. The Kier molecular flexibility index (Phi) is 4.98. The van der Waals surface area contributed by atoms with Crippen molar-refractivity contribution in [2.45, 2.75) is 0 Å². The highest BCUT2D eigenvalue weighted by Gasteiger charge is 2.20. The van der Waals surface area contributed by atoms with Crippen molar-refractivity contribution in [1.29, 1.82) is 0 Å². The molecule has 1 aromatic rings. The Morgan fingerprint density at radius 1 is 0.857 bits per heavy atom. The van der Waals surface area contributed by atoms with Crippen LogP contribution in [0.15, 0.2) is 18.2 Å². The molecule has 0 aromatic heterocycles. The monoisotopic (exact) mass is 234 g/mol. The lowest BCUT2D eigenvalue weighted by Crippen LogP contribution is -2.02. The van der Waals surface area contributed by atoms with Crippen LogP contribution in [0.1, 0.15) is 0 Å². The second-order valence-corrected chi connectivity index (χ2v) is 3.09. The minimum atomic E-state index is -6.00. The SMILES string of the molecule is F[B-](F)(F)F.Fc1cc(F)cc([PH3+])c1. The zero-order valence-electron chi connectivity index (χ0n) is 6.78. The molecular weight excluding hydrogens is 228 g/mol. The molecule has 0 heterocycles. The van der Waals surface area contributed by atoms with E-state index in [1.165, 1.54) is 21.4 Å². The summed E-state index contributed by atoms with van der Waals surface area (Å²) in [5.41, 5.74) is 0. The molecule has 0 nitrogen and oxygen atoms in total. The first-order valence-corrected chi connectivity index (χ1v) is 4.04. The molecular formula is C6H6BF6P. The highest BCUT2D eigenvalue weighted by molar-refractivity contribution is 7.27. The highest BCUT2D eigenvalue weighted by atomic mass is 31.0. The Morgan fingerprint density at radius 2 is 1.14 bits per heavy atom. The van der Waals surface area contributed by atoms with Crippen LogP contribution in [0.3, 0.4) is 0 Å². The zero-order valence-corrected chi connectivity index (χ0v) is 8.20. The van der Waals surface area contributed by atoms with Crippen LogP contribution >= 0.6 is 9.24 Å². The summed E-state index contributed by atoms with van der Waals surface area (Å²) in [5, 5.41) is 0.632. The van der Waals surface area contributed by atoms with Gasteiger partial charge in [-0.2, -0.15) is 0 Å². The van der Waals surface area contributed by atoms with Crippen molar-refractivity contribution in [2.75, 3.05) is 0 Å². The van der Waals surface area contributed by atoms with Crippen LogP contribution in [0.5, 0.6) is 0 Å². The fraction of sp³-hybridized carbons (Fsp3) is 0. The Morgan fingerprint density at radius 3 is 1.36 bits per heavy atom. The maximum Gasteiger partial charge on any atom is 0.673 e. The second kappa shape index (κ2) is 5.24. The largest absolute Gasteiger partial charge is 0.673 e. The van der Waals surface area contributed by atoms with Gasteiger partial charge in [0, 0.05) is 27.4 Å². The molecule has 80 valence electrons. The van der Waals surface area contributed by atoms with Crippen molar-refractivity contribution in [3.8, 4) is 0 Å². The van der Waals surface area contributed by atoms with Crippen LogP contribution < -0.4 is 5.30 Å². The van der Waals surface area contributed by atoms with Crippen LogP contribution in [0.4, 0.5) is 26.0 Å². The van der Waals surface area contributed by atoms with Gasteiger partial charge in [0.15, 0.2) is 0 Å². The molecule has 0 bridgehead atoms. The van der Waals surface area contributed by atoms with Crippen molar-refractivity contribution in [1.82, 2.24) is 0 Å². The minimum Gasteiger partial charge on any atom is -0.418 e. The van der Waals surface area contributed by atoms with E-state index in [9.17, 15) is 26.0 Å². The molecule has 0 radical (unpaired) electrons. The number of benzene rings is 1. The third-order valence-electron chi connectivity index (χ3n) is 0.922. The van der Waals surface area contributed by atoms with E-state index in [0.29, 0.717) is 5.30 Å². The van der Waals surface area contributed by atoms with Gasteiger partial charge in [-0.1, -0.05) is 0 Å². The molecule has 0 spiro atoms. The van der Waals surface area contributed by atoms with Crippen molar-refractivity contribution in [2.24, 2.45) is 0 Å². The lowest BCUT2D eigenvalue weighted by molar-refractivity contribution is 0.368. The fourth-order valence-electron chi connectivity index (χ4n) is 0.611. The maximum atomic E-state index is 12.2. The summed E-state index contributed by atoms with van der Waals surface area (Å²) >= 11 is 0. The fourth-order valence-corrected chi connectivity index (χ4v) is 1.00. The van der Waals surface area contributed by atoms with Gasteiger partial charge < -0.3 is 17.3 Å². The first-order valence-electron chi connectivity index (χ1n) is 3.34. The van der Waals surface area contributed by atoms with E-state index in [1.807, 2.05) is 0 Å². The van der Waals surface area contributed by atoms with Crippen LogP contribution in [0, 0.1) is 11.6 Å². The van der Waals surface area contributed by atoms with Gasteiger partial charge in [0.2, 0.25) is 0 Å². The predicted molar refractivity (Wildman–Crippen MR) is 47.3 cm³/mol. The topological polar surface area (TPSA) is 0 Å². The van der Waals surface area contributed by atoms with Crippen LogP contribution in [0.2, 0.25) is 0 Å². The molecule has 0 amide bonds. The molecule has 0 fully saturated rings. The summed E-state index contributed by atoms with van der Waals surface area (Å²) in [7, 11) is -4.55. The predicted octanol–water partition coefficient (Wildman–Crippen LogP) is 2.50. The van der Waals surface area contributed by atoms with Gasteiger partial charge in [-0.3, -0.25) is 0 Å². The standard InChI is InChI=1S/C6H5F2P.BF4/c7-4-1-5(8)3-6(9)2-4;2-1(3,4)5/h1-3H,9H2;/q;-1/p+1. The number of hydrogen-bond acceptors (Lipinski definition) is 0. The molecule has 0 N–H and O–H groups in total. The molecule has 0 saturated carbocycles.